The molecule has 0 saturated carbocycles. The molecule has 1 aromatic heterocycles. The highest BCUT2D eigenvalue weighted by atomic mass is 35.5. The first kappa shape index (κ1) is 18.6. The van der Waals surface area contributed by atoms with Crippen molar-refractivity contribution in [2.75, 3.05) is 13.7 Å². The minimum absolute atomic E-state index is 0.0496. The third-order valence-electron chi connectivity index (χ3n) is 3.04. The van der Waals surface area contributed by atoms with E-state index in [1.54, 1.807) is 18.2 Å². The summed E-state index contributed by atoms with van der Waals surface area (Å²) in [7, 11) is 1.46. The van der Waals surface area contributed by atoms with E-state index < -0.39 is 5.97 Å². The number of benzene rings is 1. The number of hydrogen-bond acceptors (Lipinski definition) is 5. The lowest BCUT2D eigenvalue weighted by Gasteiger charge is -2.11. The Morgan fingerprint density at radius 2 is 2.08 bits per heavy atom. The first-order valence-corrected chi connectivity index (χ1v) is 8.15. The largest absolute Gasteiger partial charge is 0.493 e. The number of halogens is 1. The predicted molar refractivity (Wildman–Crippen MR) is 97.0 cm³/mol. The Hall–Kier alpha value is -2.75. The lowest BCUT2D eigenvalue weighted by atomic mass is 10.1. The first-order valence-electron chi connectivity index (χ1n) is 6.95. The van der Waals surface area contributed by atoms with E-state index in [1.807, 2.05) is 0 Å². The number of carbonyl (C=O) groups is 2. The molecule has 0 fully saturated rings. The minimum Gasteiger partial charge on any atom is -0.493 e. The van der Waals surface area contributed by atoms with Crippen molar-refractivity contribution < 1.29 is 24.2 Å². The molecule has 5 nitrogen and oxygen atoms in total. The summed E-state index contributed by atoms with van der Waals surface area (Å²) < 4.78 is 10.6. The highest BCUT2D eigenvalue weighted by Crippen LogP contribution is 2.36. The number of ketones is 1. The van der Waals surface area contributed by atoms with Gasteiger partial charge in [-0.15, -0.1) is 17.8 Å². The topological polar surface area (TPSA) is 72.8 Å². The molecule has 1 heterocycles. The molecule has 0 aliphatic carbocycles. The molecule has 0 spiro atoms. The quantitative estimate of drug-likeness (QED) is 0.449. The number of rotatable bonds is 7. The number of carbonyl (C=O) groups excluding carboxylic acids is 1. The predicted octanol–water partition coefficient (Wildman–Crippen LogP) is 4.02. The average molecular weight is 377 g/mol. The SMILES string of the molecule is C#CCOc1c(Cl)cc(/C=C/C(=O)c2ccc(C(=O)O)s2)cc1OC. The smallest absolute Gasteiger partial charge is 0.345 e. The summed E-state index contributed by atoms with van der Waals surface area (Å²) in [6, 6.07) is 6.13. The number of ether oxygens (including phenoxy) is 2. The maximum atomic E-state index is 12.1. The lowest BCUT2D eigenvalue weighted by Crippen LogP contribution is -1.98. The van der Waals surface area contributed by atoms with Gasteiger partial charge in [-0.25, -0.2) is 4.79 Å². The molecule has 128 valence electrons. The highest BCUT2D eigenvalue weighted by molar-refractivity contribution is 7.16. The van der Waals surface area contributed by atoms with Crippen molar-refractivity contribution in [3.05, 3.63) is 50.7 Å². The summed E-state index contributed by atoms with van der Waals surface area (Å²) in [5.74, 6) is 1.69. The van der Waals surface area contributed by atoms with Crippen molar-refractivity contribution in [2.45, 2.75) is 0 Å². The van der Waals surface area contributed by atoms with Gasteiger partial charge in [-0.2, -0.15) is 0 Å². The average Bonchev–Trinajstić information content (AvgIpc) is 3.08. The normalized spacial score (nSPS) is 10.4. The fourth-order valence-electron chi connectivity index (χ4n) is 1.93. The van der Waals surface area contributed by atoms with E-state index in [0.717, 1.165) is 11.3 Å². The zero-order valence-corrected chi connectivity index (χ0v) is 14.7. The van der Waals surface area contributed by atoms with Crippen LogP contribution in [0.2, 0.25) is 5.02 Å². The van der Waals surface area contributed by atoms with E-state index in [-0.39, 0.29) is 17.3 Å². The van der Waals surface area contributed by atoms with Crippen LogP contribution < -0.4 is 9.47 Å². The molecule has 1 N–H and O–H groups in total. The Balaban J connectivity index is 2.22. The Morgan fingerprint density at radius 1 is 1.36 bits per heavy atom. The summed E-state index contributed by atoms with van der Waals surface area (Å²) in [6.07, 6.45) is 8.06. The van der Waals surface area contributed by atoms with Crippen LogP contribution in [-0.2, 0) is 0 Å². The van der Waals surface area contributed by atoms with E-state index in [2.05, 4.69) is 5.92 Å². The standard InChI is InChI=1S/C18H13ClO5S/c1-3-8-24-17-12(19)9-11(10-14(17)23-2)4-5-13(20)15-6-7-16(25-15)18(21)22/h1,4-7,9-10H,8H2,2H3,(H,21,22)/b5-4+. The summed E-state index contributed by atoms with van der Waals surface area (Å²) in [5.41, 5.74) is 0.623. The molecular formula is C18H13ClO5S. The zero-order chi connectivity index (χ0) is 18.4. The third-order valence-corrected chi connectivity index (χ3v) is 4.41. The number of aromatic carboxylic acids is 1. The van der Waals surface area contributed by atoms with Gasteiger partial charge in [0, 0.05) is 0 Å². The van der Waals surface area contributed by atoms with Gasteiger partial charge in [0.2, 0.25) is 0 Å². The molecule has 7 heteroatoms. The van der Waals surface area contributed by atoms with Crippen LogP contribution >= 0.6 is 22.9 Å². The van der Waals surface area contributed by atoms with E-state index in [1.165, 1.54) is 25.3 Å². The van der Waals surface area contributed by atoms with E-state index in [0.29, 0.717) is 27.0 Å². The van der Waals surface area contributed by atoms with E-state index in [4.69, 9.17) is 32.6 Å². The Bertz CT molecular complexity index is 876. The van der Waals surface area contributed by atoms with Crippen LogP contribution in [0.4, 0.5) is 0 Å². The van der Waals surface area contributed by atoms with Gasteiger partial charge in [0.25, 0.3) is 0 Å². The van der Waals surface area contributed by atoms with Gasteiger partial charge in [-0.3, -0.25) is 4.79 Å². The zero-order valence-electron chi connectivity index (χ0n) is 13.1. The number of terminal acetylenes is 1. The monoisotopic (exact) mass is 376 g/mol. The van der Waals surface area contributed by atoms with E-state index >= 15 is 0 Å². The molecule has 0 aliphatic heterocycles. The van der Waals surface area contributed by atoms with Gasteiger partial charge in [0.05, 0.1) is 17.0 Å². The van der Waals surface area contributed by atoms with Crippen LogP contribution in [0.1, 0.15) is 24.9 Å². The number of carboxylic acid groups (broad SMARTS) is 1. The van der Waals surface area contributed by atoms with Crippen LogP contribution in [0.3, 0.4) is 0 Å². The van der Waals surface area contributed by atoms with Crippen LogP contribution in [0.5, 0.6) is 11.5 Å². The molecule has 0 saturated heterocycles. The van der Waals surface area contributed by atoms with Gasteiger partial charge >= 0.3 is 5.97 Å². The van der Waals surface area contributed by atoms with Gasteiger partial charge < -0.3 is 14.6 Å². The van der Waals surface area contributed by atoms with Crippen LogP contribution in [0, 0.1) is 12.3 Å². The van der Waals surface area contributed by atoms with Crippen LogP contribution in [-0.4, -0.2) is 30.6 Å². The number of carboxylic acids is 1. The van der Waals surface area contributed by atoms with Crippen molar-refractivity contribution in [1.29, 1.82) is 0 Å². The molecule has 0 bridgehead atoms. The molecule has 0 aliphatic rings. The highest BCUT2D eigenvalue weighted by Gasteiger charge is 2.13. The Labute approximate surface area is 153 Å². The fourth-order valence-corrected chi connectivity index (χ4v) is 2.97. The lowest BCUT2D eigenvalue weighted by molar-refractivity contribution is 0.0702. The molecule has 0 radical (unpaired) electrons. The van der Waals surface area contributed by atoms with Crippen LogP contribution in [0.15, 0.2) is 30.3 Å². The third kappa shape index (κ3) is 4.63. The first-order chi connectivity index (χ1) is 12.0. The van der Waals surface area contributed by atoms with Crippen molar-refractivity contribution in [2.24, 2.45) is 0 Å². The molecule has 2 rings (SSSR count). The summed E-state index contributed by atoms with van der Waals surface area (Å²) in [5, 5.41) is 9.19. The Morgan fingerprint density at radius 3 is 2.68 bits per heavy atom. The van der Waals surface area contributed by atoms with Gasteiger partial charge in [0.15, 0.2) is 17.3 Å². The van der Waals surface area contributed by atoms with Gasteiger partial charge in [-0.1, -0.05) is 23.6 Å². The van der Waals surface area contributed by atoms with Crippen molar-refractivity contribution in [3.63, 3.8) is 0 Å². The number of thiophene rings is 1. The van der Waals surface area contributed by atoms with Crippen LogP contribution in [0.25, 0.3) is 6.08 Å². The summed E-state index contributed by atoms with van der Waals surface area (Å²) in [4.78, 5) is 23.4. The van der Waals surface area contributed by atoms with E-state index in [9.17, 15) is 9.59 Å². The summed E-state index contributed by atoms with van der Waals surface area (Å²) in [6.45, 7) is 0.0496. The Kier molecular flexibility index (Phi) is 6.23. The molecule has 25 heavy (non-hydrogen) atoms. The number of allylic oxidation sites excluding steroid dienone is 1. The molecule has 1 aromatic carbocycles. The molecule has 2 aromatic rings. The molecular weight excluding hydrogens is 364 g/mol. The molecule has 0 atom stereocenters. The van der Waals surface area contributed by atoms with Crippen molar-refractivity contribution in [1.82, 2.24) is 0 Å². The number of hydrogen-bond donors (Lipinski definition) is 1. The minimum atomic E-state index is -1.06. The number of methoxy groups -OCH3 is 1. The maximum absolute atomic E-state index is 12.1. The second-order valence-corrected chi connectivity index (χ2v) is 6.18. The second kappa shape index (κ2) is 8.38. The molecule has 0 amide bonds. The van der Waals surface area contributed by atoms with Gasteiger partial charge in [0.1, 0.15) is 11.5 Å². The summed E-state index contributed by atoms with van der Waals surface area (Å²) >= 11 is 7.08. The second-order valence-electron chi connectivity index (χ2n) is 4.69. The van der Waals surface area contributed by atoms with Crippen molar-refractivity contribution >= 4 is 40.8 Å². The van der Waals surface area contributed by atoms with Gasteiger partial charge in [-0.05, 0) is 35.9 Å². The molecule has 0 unspecified atom stereocenters. The fraction of sp³-hybridized carbons (Fsp3) is 0.111. The maximum Gasteiger partial charge on any atom is 0.345 e. The van der Waals surface area contributed by atoms with Crippen molar-refractivity contribution in [3.8, 4) is 23.8 Å².